The Morgan fingerprint density at radius 3 is 3.00 bits per heavy atom. The predicted molar refractivity (Wildman–Crippen MR) is 72.3 cm³/mol. The summed E-state index contributed by atoms with van der Waals surface area (Å²) in [7, 11) is 0. The molecule has 1 N–H and O–H groups in total. The van der Waals surface area contributed by atoms with Gasteiger partial charge in [0.05, 0.1) is 18.8 Å². The summed E-state index contributed by atoms with van der Waals surface area (Å²) in [4.78, 5) is 11.9. The van der Waals surface area contributed by atoms with Gasteiger partial charge in [-0.25, -0.2) is 4.79 Å². The number of carbonyl (C=O) groups excluding carboxylic acids is 1. The number of anilines is 1. The summed E-state index contributed by atoms with van der Waals surface area (Å²) < 4.78 is 11.0. The van der Waals surface area contributed by atoms with Crippen molar-refractivity contribution in [1.29, 1.82) is 0 Å². The van der Waals surface area contributed by atoms with Gasteiger partial charge in [-0.05, 0) is 24.5 Å². The largest absolute Gasteiger partial charge is 0.475 e. The van der Waals surface area contributed by atoms with Gasteiger partial charge >= 0.3 is 5.97 Å². The molecule has 0 bridgehead atoms. The van der Waals surface area contributed by atoms with E-state index in [1.54, 1.807) is 0 Å². The van der Waals surface area contributed by atoms with Crippen molar-refractivity contribution in [2.75, 3.05) is 18.5 Å². The Labute approximate surface area is 113 Å². The molecule has 1 atom stereocenters. The molecule has 19 heavy (non-hydrogen) atoms. The predicted octanol–water partition coefficient (Wildman–Crippen LogP) is 2.59. The van der Waals surface area contributed by atoms with Crippen molar-refractivity contribution in [3.63, 3.8) is 0 Å². The number of para-hydroxylation sites is 2. The summed E-state index contributed by atoms with van der Waals surface area (Å²) in [5.74, 6) is 1.22. The molecule has 1 aliphatic carbocycles. The number of ether oxygens (including phenoxy) is 2. The van der Waals surface area contributed by atoms with Crippen LogP contribution in [0.15, 0.2) is 24.3 Å². The highest BCUT2D eigenvalue weighted by atomic mass is 16.6. The van der Waals surface area contributed by atoms with Crippen LogP contribution in [0.2, 0.25) is 0 Å². The van der Waals surface area contributed by atoms with Crippen LogP contribution < -0.4 is 10.1 Å². The first-order valence-corrected chi connectivity index (χ1v) is 6.99. The van der Waals surface area contributed by atoms with Crippen LogP contribution in [0, 0.1) is 5.92 Å². The molecule has 2 aliphatic rings. The number of esters is 1. The molecule has 1 aromatic carbocycles. The third kappa shape index (κ3) is 2.83. The van der Waals surface area contributed by atoms with Crippen LogP contribution in [0.25, 0.3) is 0 Å². The van der Waals surface area contributed by atoms with Crippen LogP contribution >= 0.6 is 0 Å². The smallest absolute Gasteiger partial charge is 0.349 e. The van der Waals surface area contributed by atoms with Crippen molar-refractivity contribution in [2.24, 2.45) is 5.92 Å². The number of hydrogen-bond acceptors (Lipinski definition) is 4. The van der Waals surface area contributed by atoms with Crippen molar-refractivity contribution in [1.82, 2.24) is 0 Å². The molecule has 3 rings (SSSR count). The molecular formula is C15H19NO3. The van der Waals surface area contributed by atoms with Crippen LogP contribution in [-0.2, 0) is 9.53 Å². The van der Waals surface area contributed by atoms with E-state index in [1.807, 2.05) is 24.3 Å². The maximum atomic E-state index is 11.9. The van der Waals surface area contributed by atoms with Crippen molar-refractivity contribution in [3.8, 4) is 5.75 Å². The zero-order valence-electron chi connectivity index (χ0n) is 10.9. The molecule has 1 heterocycles. The second kappa shape index (κ2) is 5.51. The second-order valence-electron chi connectivity index (χ2n) is 5.24. The van der Waals surface area contributed by atoms with Crippen LogP contribution in [0.3, 0.4) is 0 Å². The normalized spacial score (nSPS) is 21.6. The lowest BCUT2D eigenvalue weighted by molar-refractivity contribution is -0.152. The van der Waals surface area contributed by atoms with Gasteiger partial charge in [-0.1, -0.05) is 31.4 Å². The summed E-state index contributed by atoms with van der Waals surface area (Å²) in [5, 5.41) is 3.19. The second-order valence-corrected chi connectivity index (χ2v) is 5.24. The molecule has 1 aromatic rings. The molecule has 4 nitrogen and oxygen atoms in total. The average Bonchev–Trinajstić information content (AvgIpc) is 2.40. The first-order chi connectivity index (χ1) is 9.33. The van der Waals surface area contributed by atoms with Crippen molar-refractivity contribution >= 4 is 11.7 Å². The van der Waals surface area contributed by atoms with E-state index in [0.29, 0.717) is 13.2 Å². The van der Waals surface area contributed by atoms with E-state index in [0.717, 1.165) is 23.8 Å². The Morgan fingerprint density at radius 2 is 2.21 bits per heavy atom. The Hall–Kier alpha value is -1.71. The highest BCUT2D eigenvalue weighted by molar-refractivity contribution is 5.77. The number of hydrogen-bond donors (Lipinski definition) is 1. The van der Waals surface area contributed by atoms with Gasteiger partial charge in [-0.3, -0.25) is 0 Å². The van der Waals surface area contributed by atoms with Gasteiger partial charge in [0.15, 0.2) is 0 Å². The number of benzene rings is 1. The zero-order chi connectivity index (χ0) is 13.1. The fraction of sp³-hybridized carbons (Fsp3) is 0.533. The maximum Gasteiger partial charge on any atom is 0.349 e. The molecule has 0 radical (unpaired) electrons. The lowest BCUT2D eigenvalue weighted by Gasteiger charge is -2.27. The van der Waals surface area contributed by atoms with E-state index >= 15 is 0 Å². The third-order valence-electron chi connectivity index (χ3n) is 3.89. The molecule has 1 fully saturated rings. The summed E-state index contributed by atoms with van der Waals surface area (Å²) in [6, 6.07) is 7.63. The fourth-order valence-corrected chi connectivity index (χ4v) is 2.45. The quantitative estimate of drug-likeness (QED) is 0.846. The van der Waals surface area contributed by atoms with Gasteiger partial charge in [0.1, 0.15) is 5.75 Å². The SMILES string of the molecule is O=C(OCCC1CCC1)C1CNc2ccccc2O1. The molecule has 1 saturated carbocycles. The minimum absolute atomic E-state index is 0.263. The highest BCUT2D eigenvalue weighted by Gasteiger charge is 2.27. The average molecular weight is 261 g/mol. The first kappa shape index (κ1) is 12.3. The Kier molecular flexibility index (Phi) is 3.58. The van der Waals surface area contributed by atoms with E-state index in [-0.39, 0.29) is 5.97 Å². The molecule has 1 unspecified atom stereocenters. The van der Waals surface area contributed by atoms with Crippen LogP contribution in [0.1, 0.15) is 25.7 Å². The van der Waals surface area contributed by atoms with E-state index in [9.17, 15) is 4.79 Å². The Bertz CT molecular complexity index is 456. The van der Waals surface area contributed by atoms with Crippen molar-refractivity contribution in [2.45, 2.75) is 31.8 Å². The topological polar surface area (TPSA) is 47.6 Å². The maximum absolute atomic E-state index is 11.9. The Balaban J connectivity index is 1.48. The third-order valence-corrected chi connectivity index (χ3v) is 3.89. The highest BCUT2D eigenvalue weighted by Crippen LogP contribution is 2.30. The molecule has 0 saturated heterocycles. The van der Waals surface area contributed by atoms with E-state index in [1.165, 1.54) is 19.3 Å². The lowest BCUT2D eigenvalue weighted by Crippen LogP contribution is -2.39. The minimum Gasteiger partial charge on any atom is -0.475 e. The standard InChI is InChI=1S/C15H19NO3/c17-15(18-9-8-11-4-3-5-11)14-10-16-12-6-1-2-7-13(12)19-14/h1-2,6-7,11,14,16H,3-5,8-10H2. The van der Waals surface area contributed by atoms with E-state index in [4.69, 9.17) is 9.47 Å². The summed E-state index contributed by atoms with van der Waals surface area (Å²) in [5.41, 5.74) is 0.931. The van der Waals surface area contributed by atoms with Crippen LogP contribution in [0.5, 0.6) is 5.75 Å². The Morgan fingerprint density at radius 1 is 1.37 bits per heavy atom. The summed E-state index contributed by atoms with van der Waals surface area (Å²) in [6.45, 7) is 0.990. The molecule has 0 aromatic heterocycles. The zero-order valence-corrected chi connectivity index (χ0v) is 10.9. The van der Waals surface area contributed by atoms with Gasteiger partial charge in [-0.15, -0.1) is 0 Å². The van der Waals surface area contributed by atoms with Gasteiger partial charge in [0.25, 0.3) is 0 Å². The van der Waals surface area contributed by atoms with Crippen molar-refractivity contribution in [3.05, 3.63) is 24.3 Å². The monoisotopic (exact) mass is 261 g/mol. The molecule has 0 amide bonds. The molecule has 102 valence electrons. The minimum atomic E-state index is -0.531. The number of rotatable bonds is 4. The molecule has 0 spiro atoms. The summed E-state index contributed by atoms with van der Waals surface area (Å²) in [6.07, 6.45) is 4.35. The molecule has 4 heteroatoms. The van der Waals surface area contributed by atoms with Crippen molar-refractivity contribution < 1.29 is 14.3 Å². The van der Waals surface area contributed by atoms with Gasteiger partial charge < -0.3 is 14.8 Å². The number of nitrogens with one attached hydrogen (secondary N) is 1. The summed E-state index contributed by atoms with van der Waals surface area (Å²) >= 11 is 0. The van der Waals surface area contributed by atoms with Gasteiger partial charge in [0, 0.05) is 0 Å². The van der Waals surface area contributed by atoms with Gasteiger partial charge in [0.2, 0.25) is 6.10 Å². The first-order valence-electron chi connectivity index (χ1n) is 6.99. The van der Waals surface area contributed by atoms with Crippen LogP contribution in [-0.4, -0.2) is 25.2 Å². The molecule has 1 aliphatic heterocycles. The number of carbonyl (C=O) groups is 1. The van der Waals surface area contributed by atoms with Gasteiger partial charge in [-0.2, -0.15) is 0 Å². The number of fused-ring (bicyclic) bond motifs is 1. The fourth-order valence-electron chi connectivity index (χ4n) is 2.45. The van der Waals surface area contributed by atoms with E-state index < -0.39 is 6.10 Å². The molecular weight excluding hydrogens is 242 g/mol. The van der Waals surface area contributed by atoms with E-state index in [2.05, 4.69) is 5.32 Å². The van der Waals surface area contributed by atoms with Crippen LogP contribution in [0.4, 0.5) is 5.69 Å². The lowest BCUT2D eigenvalue weighted by atomic mass is 9.83.